The van der Waals surface area contributed by atoms with Gasteiger partial charge in [0.1, 0.15) is 0 Å². The van der Waals surface area contributed by atoms with Crippen LogP contribution in [0.4, 0.5) is 0 Å². The topological polar surface area (TPSA) is 12.9 Å². The van der Waals surface area contributed by atoms with Crippen molar-refractivity contribution in [3.8, 4) is 0 Å². The summed E-state index contributed by atoms with van der Waals surface area (Å²) in [5.74, 6) is 0. The quantitative estimate of drug-likeness (QED) is 0.698. The Kier molecular flexibility index (Phi) is 13.2. The van der Waals surface area contributed by atoms with Gasteiger partial charge in [0, 0.05) is 11.8 Å². The Morgan fingerprint density at radius 2 is 1.81 bits per heavy atom. The maximum Gasteiger partial charge on any atom is 0.0696 e. The van der Waals surface area contributed by atoms with Crippen molar-refractivity contribution in [3.05, 3.63) is 36.2 Å². The molecule has 0 saturated heterocycles. The minimum absolute atomic E-state index is 0.930. The van der Waals surface area contributed by atoms with E-state index in [-0.39, 0.29) is 0 Å². The lowest BCUT2D eigenvalue weighted by Gasteiger charge is -2.00. The zero-order valence-electron chi connectivity index (χ0n) is 11.1. The molecule has 16 heavy (non-hydrogen) atoms. The van der Waals surface area contributed by atoms with Crippen LogP contribution in [0.15, 0.2) is 24.9 Å². The Bertz CT molecular complexity index is 317. The van der Waals surface area contributed by atoms with Crippen molar-refractivity contribution in [3.63, 3.8) is 0 Å². The first-order chi connectivity index (χ1) is 7.77. The van der Waals surface area contributed by atoms with Gasteiger partial charge in [-0.15, -0.1) is 9.24 Å². The molecule has 1 nitrogen and oxygen atoms in total. The van der Waals surface area contributed by atoms with Crippen molar-refractivity contribution >= 4 is 26.7 Å². The lowest BCUT2D eigenvalue weighted by Crippen LogP contribution is -1.96. The summed E-state index contributed by atoms with van der Waals surface area (Å²) in [4.78, 5) is 4.23. The van der Waals surface area contributed by atoms with Crippen molar-refractivity contribution in [1.82, 2.24) is 4.98 Å². The summed E-state index contributed by atoms with van der Waals surface area (Å²) in [6.07, 6.45) is 7.60. The second-order valence-corrected chi connectivity index (χ2v) is 3.11. The van der Waals surface area contributed by atoms with Gasteiger partial charge in [-0.05, 0) is 24.4 Å². The van der Waals surface area contributed by atoms with E-state index in [1.807, 2.05) is 53.0 Å². The number of hydrogen-bond acceptors (Lipinski definition) is 1. The summed E-state index contributed by atoms with van der Waals surface area (Å²) >= 11 is 0. The fourth-order valence-electron chi connectivity index (χ4n) is 0.993. The van der Waals surface area contributed by atoms with Crippen molar-refractivity contribution < 1.29 is 0 Å². The molecule has 0 N–H and O–H groups in total. The number of nitrogens with zero attached hydrogens (tertiary/aromatic N) is 1. The van der Waals surface area contributed by atoms with Gasteiger partial charge in [-0.1, -0.05) is 46.4 Å². The molecule has 0 aliphatic rings. The first-order valence-electron chi connectivity index (χ1n) is 5.78. The van der Waals surface area contributed by atoms with Crippen LogP contribution in [-0.2, 0) is 0 Å². The highest BCUT2D eigenvalue weighted by Gasteiger charge is 1.95. The molecular weight excluding hydrogens is 213 g/mol. The van der Waals surface area contributed by atoms with Gasteiger partial charge in [-0.2, -0.15) is 0 Å². The standard InChI is InChI=1S/C10H12NP.2C2H6/c1-3-5-8-6-9(12)7-11-10(8)4-2;2*1-2/h3-7H,2,12H2,1H3;2*1-2H3/b5-3-;;. The Labute approximate surface area is 103 Å². The van der Waals surface area contributed by atoms with Crippen LogP contribution >= 0.6 is 9.24 Å². The molecule has 2 heteroatoms. The lowest BCUT2D eigenvalue weighted by molar-refractivity contribution is 1.30. The van der Waals surface area contributed by atoms with E-state index in [1.165, 1.54) is 0 Å². The predicted molar refractivity (Wildman–Crippen MR) is 81.1 cm³/mol. The van der Waals surface area contributed by atoms with Crippen LogP contribution in [0.1, 0.15) is 45.9 Å². The Balaban J connectivity index is 0. The van der Waals surface area contributed by atoms with Gasteiger partial charge >= 0.3 is 0 Å². The molecule has 1 aromatic heterocycles. The number of rotatable bonds is 2. The molecule has 0 saturated carbocycles. The molecule has 90 valence electrons. The first kappa shape index (κ1) is 17.5. The summed E-state index contributed by atoms with van der Waals surface area (Å²) in [6.45, 7) is 13.7. The van der Waals surface area contributed by atoms with E-state index >= 15 is 0 Å². The Hall–Kier alpha value is -0.940. The van der Waals surface area contributed by atoms with E-state index < -0.39 is 0 Å². The highest BCUT2D eigenvalue weighted by Crippen LogP contribution is 2.08. The van der Waals surface area contributed by atoms with Gasteiger partial charge in [0.2, 0.25) is 0 Å². The maximum absolute atomic E-state index is 4.23. The smallest absolute Gasteiger partial charge is 0.0696 e. The van der Waals surface area contributed by atoms with Crippen molar-refractivity contribution in [1.29, 1.82) is 0 Å². The first-order valence-corrected chi connectivity index (χ1v) is 6.36. The van der Waals surface area contributed by atoms with Crippen LogP contribution in [0.3, 0.4) is 0 Å². The van der Waals surface area contributed by atoms with Crippen LogP contribution in [0.5, 0.6) is 0 Å². The van der Waals surface area contributed by atoms with E-state index in [2.05, 4.69) is 26.9 Å². The van der Waals surface area contributed by atoms with Crippen molar-refractivity contribution in [2.45, 2.75) is 34.6 Å². The van der Waals surface area contributed by atoms with Crippen LogP contribution < -0.4 is 5.30 Å². The summed E-state index contributed by atoms with van der Waals surface area (Å²) in [6, 6.07) is 2.06. The molecular formula is C14H24NP. The van der Waals surface area contributed by atoms with E-state index in [1.54, 1.807) is 6.08 Å². The predicted octanol–water partition coefficient (Wildman–Crippen LogP) is 4.31. The van der Waals surface area contributed by atoms with Gasteiger partial charge in [0.05, 0.1) is 5.69 Å². The number of hydrogen-bond donors (Lipinski definition) is 0. The normalized spacial score (nSPS) is 8.62. The number of aromatic nitrogens is 1. The van der Waals surface area contributed by atoms with Crippen LogP contribution in [-0.4, -0.2) is 4.98 Å². The number of allylic oxidation sites excluding steroid dienone is 1. The van der Waals surface area contributed by atoms with Crippen LogP contribution in [0.2, 0.25) is 0 Å². The summed E-state index contributed by atoms with van der Waals surface area (Å²) in [7, 11) is 2.63. The zero-order valence-corrected chi connectivity index (χ0v) is 12.3. The molecule has 1 heterocycles. The van der Waals surface area contributed by atoms with E-state index in [0.29, 0.717) is 0 Å². The third-order valence-electron chi connectivity index (χ3n) is 1.51. The average Bonchev–Trinajstić information content (AvgIpc) is 2.35. The average molecular weight is 237 g/mol. The van der Waals surface area contributed by atoms with Gasteiger partial charge < -0.3 is 0 Å². The van der Waals surface area contributed by atoms with Crippen molar-refractivity contribution in [2.24, 2.45) is 0 Å². The molecule has 0 aliphatic carbocycles. The van der Waals surface area contributed by atoms with Gasteiger partial charge in [-0.3, -0.25) is 4.98 Å². The van der Waals surface area contributed by atoms with Crippen molar-refractivity contribution in [2.75, 3.05) is 0 Å². The third kappa shape index (κ3) is 6.53. The molecule has 0 fully saturated rings. The summed E-state index contributed by atoms with van der Waals surface area (Å²) < 4.78 is 0. The van der Waals surface area contributed by atoms with Gasteiger partial charge in [0.15, 0.2) is 0 Å². The molecule has 0 spiro atoms. The molecule has 0 bridgehead atoms. The Morgan fingerprint density at radius 1 is 1.25 bits per heavy atom. The Morgan fingerprint density at radius 3 is 2.25 bits per heavy atom. The summed E-state index contributed by atoms with van der Waals surface area (Å²) in [5.41, 5.74) is 2.04. The van der Waals surface area contributed by atoms with E-state index in [9.17, 15) is 0 Å². The third-order valence-corrected chi connectivity index (χ3v) is 1.83. The second-order valence-electron chi connectivity index (χ2n) is 2.45. The van der Waals surface area contributed by atoms with Crippen LogP contribution in [0.25, 0.3) is 12.2 Å². The maximum atomic E-state index is 4.23. The number of pyridine rings is 1. The lowest BCUT2D eigenvalue weighted by atomic mass is 10.2. The molecule has 0 aromatic carbocycles. The highest BCUT2D eigenvalue weighted by atomic mass is 31.0. The summed E-state index contributed by atoms with van der Waals surface area (Å²) in [5, 5.41) is 1.09. The minimum Gasteiger partial charge on any atom is -0.256 e. The molecule has 0 aliphatic heterocycles. The largest absolute Gasteiger partial charge is 0.256 e. The van der Waals surface area contributed by atoms with E-state index in [0.717, 1.165) is 16.6 Å². The molecule has 1 atom stereocenters. The molecule has 1 rings (SSSR count). The van der Waals surface area contributed by atoms with Crippen LogP contribution in [0, 0.1) is 0 Å². The highest BCUT2D eigenvalue weighted by molar-refractivity contribution is 7.27. The minimum atomic E-state index is 0.930. The van der Waals surface area contributed by atoms with E-state index in [4.69, 9.17) is 0 Å². The molecule has 1 unspecified atom stereocenters. The molecule has 0 radical (unpaired) electrons. The van der Waals surface area contributed by atoms with Gasteiger partial charge in [0.25, 0.3) is 0 Å². The SMILES string of the molecule is C=Cc1ncc(P)cc1/C=C\C.CC.CC. The molecule has 1 aromatic rings. The second kappa shape index (κ2) is 12.1. The molecule has 0 amide bonds. The fraction of sp³-hybridized carbons (Fsp3) is 0.357. The monoisotopic (exact) mass is 237 g/mol. The van der Waals surface area contributed by atoms with Gasteiger partial charge in [-0.25, -0.2) is 0 Å². The fourth-order valence-corrected chi connectivity index (χ4v) is 1.25. The zero-order chi connectivity index (χ0) is 13.0.